The number of hydrogen-bond donors (Lipinski definition) is 1. The van der Waals surface area contributed by atoms with Crippen molar-refractivity contribution in [1.29, 1.82) is 0 Å². The van der Waals surface area contributed by atoms with Gasteiger partial charge in [-0.25, -0.2) is 0 Å². The van der Waals surface area contributed by atoms with Crippen molar-refractivity contribution < 1.29 is 27.5 Å². The molecule has 4 aromatic carbocycles. The Hall–Kier alpha value is -4.67. The predicted octanol–water partition coefficient (Wildman–Crippen LogP) is 7.45. The van der Waals surface area contributed by atoms with E-state index in [9.17, 15) is 22.8 Å². The molecule has 0 spiro atoms. The van der Waals surface area contributed by atoms with E-state index < -0.39 is 24.0 Å². The van der Waals surface area contributed by atoms with Gasteiger partial charge in [-0.15, -0.1) is 0 Å². The summed E-state index contributed by atoms with van der Waals surface area (Å²) in [6.45, 7) is 4.77. The van der Waals surface area contributed by atoms with Gasteiger partial charge in [0.2, 0.25) is 5.91 Å². The molecule has 0 radical (unpaired) electrons. The summed E-state index contributed by atoms with van der Waals surface area (Å²) in [6, 6.07) is 33.2. The second-order valence-corrected chi connectivity index (χ2v) is 14.4. The van der Waals surface area contributed by atoms with Gasteiger partial charge in [-0.2, -0.15) is 13.2 Å². The molecule has 2 aliphatic heterocycles. The molecule has 1 N–H and O–H groups in total. The predicted molar refractivity (Wildman–Crippen MR) is 201 cm³/mol. The van der Waals surface area contributed by atoms with Gasteiger partial charge in [0, 0.05) is 57.1 Å². The maximum absolute atomic E-state index is 13.8. The number of alkyl halides is 3. The third-order valence-electron chi connectivity index (χ3n) is 11.0. The molecule has 1 aliphatic carbocycles. The van der Waals surface area contributed by atoms with Crippen LogP contribution in [0.1, 0.15) is 59.2 Å². The zero-order chi connectivity index (χ0) is 36.8. The second kappa shape index (κ2) is 16.1. The van der Waals surface area contributed by atoms with Crippen molar-refractivity contribution >= 4 is 17.5 Å². The monoisotopic (exact) mass is 724 g/mol. The molecule has 1 unspecified atom stereocenters. The van der Waals surface area contributed by atoms with Gasteiger partial charge in [0.1, 0.15) is 12.0 Å². The minimum atomic E-state index is -4.50. The minimum Gasteiger partial charge on any atom is -0.376 e. The molecule has 53 heavy (non-hydrogen) atoms. The molecule has 3 aliphatic rings. The van der Waals surface area contributed by atoms with Gasteiger partial charge in [-0.1, -0.05) is 85.3 Å². The minimum absolute atomic E-state index is 0.00455. The van der Waals surface area contributed by atoms with Gasteiger partial charge in [0.05, 0.1) is 6.10 Å². The molecule has 2 fully saturated rings. The maximum Gasteiger partial charge on any atom is 0.405 e. The van der Waals surface area contributed by atoms with E-state index in [2.05, 4.69) is 15.1 Å². The number of piperazine rings is 1. The van der Waals surface area contributed by atoms with Crippen LogP contribution in [0.25, 0.3) is 11.1 Å². The highest BCUT2D eigenvalue weighted by Gasteiger charge is 2.49. The van der Waals surface area contributed by atoms with Crippen molar-refractivity contribution in [2.45, 2.75) is 56.3 Å². The zero-order valence-corrected chi connectivity index (χ0v) is 30.0. The normalized spacial score (nSPS) is 18.0. The lowest BCUT2D eigenvalue weighted by Crippen LogP contribution is -2.47. The molecular weight excluding hydrogens is 677 g/mol. The molecule has 7 rings (SSSR count). The summed E-state index contributed by atoms with van der Waals surface area (Å²) in [5.41, 5.74) is 5.02. The van der Waals surface area contributed by atoms with E-state index in [1.807, 2.05) is 108 Å². The highest BCUT2D eigenvalue weighted by molar-refractivity contribution is 6.00. The Morgan fingerprint density at radius 1 is 0.811 bits per heavy atom. The smallest absolute Gasteiger partial charge is 0.376 e. The lowest BCUT2D eigenvalue weighted by molar-refractivity contribution is -0.141. The quantitative estimate of drug-likeness (QED) is 0.145. The summed E-state index contributed by atoms with van der Waals surface area (Å²) < 4.78 is 45.6. The Morgan fingerprint density at radius 3 is 2.08 bits per heavy atom. The van der Waals surface area contributed by atoms with Gasteiger partial charge in [-0.3, -0.25) is 14.5 Å². The van der Waals surface area contributed by atoms with Crippen molar-refractivity contribution in [1.82, 2.24) is 15.1 Å². The van der Waals surface area contributed by atoms with Crippen LogP contribution >= 0.6 is 0 Å². The van der Waals surface area contributed by atoms with Gasteiger partial charge < -0.3 is 19.9 Å². The molecule has 2 heterocycles. The van der Waals surface area contributed by atoms with Crippen molar-refractivity contribution in [2.75, 3.05) is 57.3 Å². The molecule has 0 saturated carbocycles. The van der Waals surface area contributed by atoms with Crippen LogP contribution in [-0.2, 0) is 21.5 Å². The van der Waals surface area contributed by atoms with Crippen LogP contribution in [-0.4, -0.2) is 86.3 Å². The second-order valence-electron chi connectivity index (χ2n) is 14.4. The number of fused-ring (bicyclic) bond motifs is 3. The van der Waals surface area contributed by atoms with Crippen LogP contribution in [0, 0.1) is 0 Å². The standard InChI is InChI=1S/C43H47F3N4O3/c44-43(45,46)31-47-41(52)42(38-16-6-4-14-36(38)37-15-5-7-17-39(37)42)22-8-9-23-48-24-26-49(27-25-48)34-20-18-33(19-21-34)40(51)50(30-35-13-10-28-53-35)29-32-11-2-1-3-12-32/h1-7,11-12,14-21,35H,8-10,13,22-31H2,(H,47,52). The van der Waals surface area contributed by atoms with E-state index >= 15 is 0 Å². The lowest BCUT2D eigenvalue weighted by Gasteiger charge is -2.36. The fourth-order valence-corrected chi connectivity index (χ4v) is 8.29. The van der Waals surface area contributed by atoms with Crippen LogP contribution in [0.15, 0.2) is 103 Å². The molecular formula is C43H47F3N4O3. The number of hydrogen-bond acceptors (Lipinski definition) is 5. The number of anilines is 1. The van der Waals surface area contributed by atoms with Crippen molar-refractivity contribution in [3.8, 4) is 11.1 Å². The molecule has 278 valence electrons. The number of ether oxygens (including phenoxy) is 1. The summed E-state index contributed by atoms with van der Waals surface area (Å²) in [6.07, 6.45) is -0.505. The molecule has 2 saturated heterocycles. The molecule has 0 bridgehead atoms. The number of carbonyl (C=O) groups excluding carboxylic acids is 2. The summed E-state index contributed by atoms with van der Waals surface area (Å²) in [7, 11) is 0. The number of halogens is 3. The molecule has 7 nitrogen and oxygen atoms in total. The van der Waals surface area contributed by atoms with E-state index in [4.69, 9.17) is 4.74 Å². The summed E-state index contributed by atoms with van der Waals surface area (Å²) in [5.74, 6) is -0.592. The lowest BCUT2D eigenvalue weighted by atomic mass is 9.73. The molecule has 10 heteroatoms. The number of benzene rings is 4. The SMILES string of the molecule is O=C(c1ccc(N2CCN(CCCCC3(C(=O)NCC(F)(F)F)c4ccccc4-c4ccccc43)CC2)cc1)N(Cc1ccccc1)CC1CCCO1. The van der Waals surface area contributed by atoms with Gasteiger partial charge in [0.15, 0.2) is 0 Å². The Morgan fingerprint density at radius 2 is 1.45 bits per heavy atom. The Balaban J connectivity index is 0.942. The van der Waals surface area contributed by atoms with E-state index in [0.717, 1.165) is 92.1 Å². The van der Waals surface area contributed by atoms with Crippen molar-refractivity contribution in [2.24, 2.45) is 0 Å². The topological polar surface area (TPSA) is 65.1 Å². The Labute approximate surface area is 309 Å². The number of unbranched alkanes of at least 4 members (excludes halogenated alkanes) is 1. The fraction of sp³-hybridized carbons (Fsp3) is 0.395. The number of nitrogens with one attached hydrogen (secondary N) is 1. The van der Waals surface area contributed by atoms with Crippen molar-refractivity contribution in [3.05, 3.63) is 125 Å². The number of rotatable bonds is 13. The Kier molecular flexibility index (Phi) is 11.2. The first-order chi connectivity index (χ1) is 25.7. The highest BCUT2D eigenvalue weighted by atomic mass is 19.4. The van der Waals surface area contributed by atoms with Gasteiger partial charge in [0.25, 0.3) is 5.91 Å². The third-order valence-corrected chi connectivity index (χ3v) is 11.0. The number of nitrogens with zero attached hydrogens (tertiary/aromatic N) is 3. The average Bonchev–Trinajstić information content (AvgIpc) is 3.80. The first-order valence-electron chi connectivity index (χ1n) is 18.8. The van der Waals surface area contributed by atoms with Gasteiger partial charge >= 0.3 is 6.18 Å². The largest absolute Gasteiger partial charge is 0.405 e. The molecule has 1 atom stereocenters. The molecule has 4 aromatic rings. The molecule has 2 amide bonds. The summed E-state index contributed by atoms with van der Waals surface area (Å²) in [4.78, 5) is 34.2. The van der Waals surface area contributed by atoms with Crippen LogP contribution in [0.3, 0.4) is 0 Å². The number of amides is 2. The van der Waals surface area contributed by atoms with E-state index in [0.29, 0.717) is 31.5 Å². The zero-order valence-electron chi connectivity index (χ0n) is 30.0. The third kappa shape index (κ3) is 8.29. The Bertz CT molecular complexity index is 1810. The fourth-order valence-electron chi connectivity index (χ4n) is 8.29. The summed E-state index contributed by atoms with van der Waals surface area (Å²) in [5, 5.41) is 2.23. The van der Waals surface area contributed by atoms with E-state index in [-0.39, 0.29) is 12.0 Å². The van der Waals surface area contributed by atoms with Crippen molar-refractivity contribution in [3.63, 3.8) is 0 Å². The van der Waals surface area contributed by atoms with Crippen LogP contribution in [0.5, 0.6) is 0 Å². The first kappa shape index (κ1) is 36.7. The van der Waals surface area contributed by atoms with Gasteiger partial charge in [-0.05, 0) is 84.3 Å². The van der Waals surface area contributed by atoms with Crippen LogP contribution < -0.4 is 10.2 Å². The van der Waals surface area contributed by atoms with E-state index in [1.165, 1.54) is 0 Å². The van der Waals surface area contributed by atoms with E-state index in [1.54, 1.807) is 0 Å². The highest BCUT2D eigenvalue weighted by Crippen LogP contribution is 2.51. The maximum atomic E-state index is 13.8. The summed E-state index contributed by atoms with van der Waals surface area (Å²) >= 11 is 0. The number of carbonyl (C=O) groups is 2. The van der Waals surface area contributed by atoms with Crippen LogP contribution in [0.2, 0.25) is 0 Å². The molecule has 0 aromatic heterocycles. The first-order valence-corrected chi connectivity index (χ1v) is 18.8. The van der Waals surface area contributed by atoms with Crippen LogP contribution in [0.4, 0.5) is 18.9 Å². The average molecular weight is 725 g/mol.